The molecular weight excluding hydrogens is 276 g/mol. The van der Waals surface area contributed by atoms with Gasteiger partial charge in [-0.15, -0.1) is 0 Å². The lowest BCUT2D eigenvalue weighted by Crippen LogP contribution is -2.16. The van der Waals surface area contributed by atoms with Crippen LogP contribution < -0.4 is 9.47 Å². The summed E-state index contributed by atoms with van der Waals surface area (Å²) < 4.78 is 22.3. The van der Waals surface area contributed by atoms with Crippen molar-refractivity contribution in [2.24, 2.45) is 0 Å². The molecule has 0 spiro atoms. The van der Waals surface area contributed by atoms with Gasteiger partial charge < -0.3 is 18.9 Å². The molecule has 1 aliphatic heterocycles. The van der Waals surface area contributed by atoms with Gasteiger partial charge in [0.15, 0.2) is 17.8 Å². The van der Waals surface area contributed by atoms with Crippen molar-refractivity contribution < 1.29 is 18.9 Å². The van der Waals surface area contributed by atoms with Gasteiger partial charge in [-0.25, -0.2) is 0 Å². The molecule has 1 aliphatic rings. The van der Waals surface area contributed by atoms with E-state index in [2.05, 4.69) is 15.9 Å². The van der Waals surface area contributed by atoms with E-state index in [-0.39, 0.29) is 0 Å². The van der Waals surface area contributed by atoms with Crippen LogP contribution in [0.1, 0.15) is 11.9 Å². The van der Waals surface area contributed by atoms with Crippen LogP contribution in [0.3, 0.4) is 0 Å². The van der Waals surface area contributed by atoms with Crippen molar-refractivity contribution in [3.63, 3.8) is 0 Å². The zero-order valence-electron chi connectivity index (χ0n) is 9.16. The van der Waals surface area contributed by atoms with Crippen molar-refractivity contribution in [2.75, 3.05) is 27.4 Å². The predicted molar refractivity (Wildman–Crippen MR) is 61.9 cm³/mol. The van der Waals surface area contributed by atoms with E-state index in [4.69, 9.17) is 18.9 Å². The van der Waals surface area contributed by atoms with Gasteiger partial charge in [0, 0.05) is 24.3 Å². The fourth-order valence-corrected chi connectivity index (χ4v) is 2.12. The summed E-state index contributed by atoms with van der Waals surface area (Å²) in [6.07, 6.45) is -0.412. The van der Waals surface area contributed by atoms with Crippen LogP contribution in [-0.2, 0) is 9.47 Å². The van der Waals surface area contributed by atoms with Crippen LogP contribution in [0, 0.1) is 0 Å². The second kappa shape index (κ2) is 5.03. The Morgan fingerprint density at radius 1 is 1.12 bits per heavy atom. The Hall–Kier alpha value is -0.780. The molecule has 1 aromatic carbocycles. The number of halogens is 1. The van der Waals surface area contributed by atoms with E-state index in [0.717, 1.165) is 21.5 Å². The molecule has 0 saturated carbocycles. The molecule has 0 aromatic heterocycles. The minimum atomic E-state index is -0.412. The van der Waals surface area contributed by atoms with Crippen molar-refractivity contribution in [3.05, 3.63) is 22.2 Å². The van der Waals surface area contributed by atoms with E-state index in [1.165, 1.54) is 0 Å². The van der Waals surface area contributed by atoms with Crippen LogP contribution >= 0.6 is 15.9 Å². The molecule has 0 bridgehead atoms. The third-order valence-electron chi connectivity index (χ3n) is 2.34. The third kappa shape index (κ3) is 2.16. The third-order valence-corrected chi connectivity index (χ3v) is 3.03. The fourth-order valence-electron chi connectivity index (χ4n) is 1.61. The maximum absolute atomic E-state index is 5.50. The molecule has 88 valence electrons. The Kier molecular flexibility index (Phi) is 3.68. The minimum absolute atomic E-state index is 0.412. The maximum Gasteiger partial charge on any atom is 0.184 e. The number of methoxy groups -OCH3 is 2. The van der Waals surface area contributed by atoms with E-state index >= 15 is 0 Å². The largest absolute Gasteiger partial charge is 0.486 e. The average Bonchev–Trinajstić information content (AvgIpc) is 2.31. The molecule has 5 heteroatoms. The van der Waals surface area contributed by atoms with Gasteiger partial charge in [-0.1, -0.05) is 15.9 Å². The molecule has 0 N–H and O–H groups in total. The van der Waals surface area contributed by atoms with Crippen molar-refractivity contribution in [1.29, 1.82) is 0 Å². The standard InChI is InChI=1S/C11H13BrO4/c1-13-11(14-2)7-5-9-10(6-8(7)12)16-4-3-15-9/h5-6,11H,3-4H2,1-2H3. The Balaban J connectivity index is 2.38. The maximum atomic E-state index is 5.50. The van der Waals surface area contributed by atoms with Crippen LogP contribution in [0.4, 0.5) is 0 Å². The quantitative estimate of drug-likeness (QED) is 0.801. The van der Waals surface area contributed by atoms with Gasteiger partial charge in [0.05, 0.1) is 0 Å². The second-order valence-corrected chi connectivity index (χ2v) is 4.18. The molecule has 1 heterocycles. The summed E-state index contributed by atoms with van der Waals surface area (Å²) in [5, 5.41) is 0. The summed E-state index contributed by atoms with van der Waals surface area (Å²) in [5.74, 6) is 1.47. The highest BCUT2D eigenvalue weighted by molar-refractivity contribution is 9.10. The topological polar surface area (TPSA) is 36.9 Å². The van der Waals surface area contributed by atoms with Gasteiger partial charge in [-0.3, -0.25) is 0 Å². The normalized spacial score (nSPS) is 14.2. The minimum Gasteiger partial charge on any atom is -0.486 e. The molecule has 4 nitrogen and oxygen atoms in total. The van der Waals surface area contributed by atoms with Gasteiger partial charge >= 0.3 is 0 Å². The van der Waals surface area contributed by atoms with Crippen LogP contribution in [-0.4, -0.2) is 27.4 Å². The number of hydrogen-bond donors (Lipinski definition) is 0. The zero-order valence-corrected chi connectivity index (χ0v) is 10.7. The lowest BCUT2D eigenvalue weighted by molar-refractivity contribution is -0.106. The van der Waals surface area contributed by atoms with E-state index < -0.39 is 6.29 Å². The summed E-state index contributed by atoms with van der Waals surface area (Å²) in [5.41, 5.74) is 0.884. The number of rotatable bonds is 3. The molecule has 1 aromatic rings. The second-order valence-electron chi connectivity index (χ2n) is 3.32. The summed E-state index contributed by atoms with van der Waals surface area (Å²) in [7, 11) is 3.19. The highest BCUT2D eigenvalue weighted by Gasteiger charge is 2.19. The van der Waals surface area contributed by atoms with Gasteiger partial charge in [-0.2, -0.15) is 0 Å². The van der Waals surface area contributed by atoms with E-state index in [9.17, 15) is 0 Å². The van der Waals surface area contributed by atoms with Gasteiger partial charge in [-0.05, 0) is 12.1 Å². The van der Waals surface area contributed by atoms with Crippen LogP contribution in [0.25, 0.3) is 0 Å². The number of hydrogen-bond acceptors (Lipinski definition) is 4. The Morgan fingerprint density at radius 2 is 1.69 bits per heavy atom. The van der Waals surface area contributed by atoms with Crippen molar-refractivity contribution in [3.8, 4) is 11.5 Å². The molecule has 0 saturated heterocycles. The SMILES string of the molecule is COC(OC)c1cc2c(cc1Br)OCCO2. The lowest BCUT2D eigenvalue weighted by Gasteiger charge is -2.22. The van der Waals surface area contributed by atoms with Gasteiger partial charge in [0.1, 0.15) is 13.2 Å². The van der Waals surface area contributed by atoms with Crippen molar-refractivity contribution >= 4 is 15.9 Å². The van der Waals surface area contributed by atoms with E-state index in [1.807, 2.05) is 12.1 Å². The number of ether oxygens (including phenoxy) is 4. The van der Waals surface area contributed by atoms with Crippen LogP contribution in [0.2, 0.25) is 0 Å². The predicted octanol–water partition coefficient (Wildman–Crippen LogP) is 2.51. The summed E-state index contributed by atoms with van der Waals surface area (Å²) >= 11 is 3.46. The molecule has 0 amide bonds. The molecule has 0 aliphatic carbocycles. The molecule has 0 atom stereocenters. The molecule has 0 fully saturated rings. The molecule has 0 radical (unpaired) electrons. The first-order chi connectivity index (χ1) is 7.76. The van der Waals surface area contributed by atoms with Gasteiger partial charge in [0.25, 0.3) is 0 Å². The molecule has 0 unspecified atom stereocenters. The Bertz CT molecular complexity index is 376. The first kappa shape index (κ1) is 11.7. The lowest BCUT2D eigenvalue weighted by atomic mass is 10.2. The first-order valence-corrected chi connectivity index (χ1v) is 5.70. The molecule has 2 rings (SSSR count). The average molecular weight is 289 g/mol. The van der Waals surface area contributed by atoms with E-state index in [0.29, 0.717) is 13.2 Å². The highest BCUT2D eigenvalue weighted by atomic mass is 79.9. The summed E-state index contributed by atoms with van der Waals surface area (Å²) in [4.78, 5) is 0. The van der Waals surface area contributed by atoms with Crippen molar-refractivity contribution in [1.82, 2.24) is 0 Å². The van der Waals surface area contributed by atoms with Gasteiger partial charge in [0.2, 0.25) is 0 Å². The Labute approximate surface area is 103 Å². The summed E-state index contributed by atoms with van der Waals surface area (Å²) in [6, 6.07) is 3.74. The highest BCUT2D eigenvalue weighted by Crippen LogP contribution is 2.38. The van der Waals surface area contributed by atoms with Crippen molar-refractivity contribution in [2.45, 2.75) is 6.29 Å². The van der Waals surface area contributed by atoms with E-state index in [1.54, 1.807) is 14.2 Å². The molecular formula is C11H13BrO4. The zero-order chi connectivity index (χ0) is 11.5. The fraction of sp³-hybridized carbons (Fsp3) is 0.455. The number of fused-ring (bicyclic) bond motifs is 1. The van der Waals surface area contributed by atoms with Crippen LogP contribution in [0.5, 0.6) is 11.5 Å². The number of benzene rings is 1. The summed E-state index contributed by atoms with van der Waals surface area (Å²) in [6.45, 7) is 1.15. The van der Waals surface area contributed by atoms with Crippen LogP contribution in [0.15, 0.2) is 16.6 Å². The smallest absolute Gasteiger partial charge is 0.184 e. The molecule has 16 heavy (non-hydrogen) atoms. The Morgan fingerprint density at radius 3 is 2.25 bits per heavy atom. The first-order valence-electron chi connectivity index (χ1n) is 4.91. The monoisotopic (exact) mass is 288 g/mol.